The topological polar surface area (TPSA) is 75.6 Å². The van der Waals surface area contributed by atoms with Crippen LogP contribution in [0.1, 0.15) is 25.0 Å². The number of nitrogens with zero attached hydrogens (tertiary/aromatic N) is 4. The van der Waals surface area contributed by atoms with Gasteiger partial charge in [0.05, 0.1) is 0 Å². The minimum Gasteiger partial charge on any atom is -0.354 e. The lowest BCUT2D eigenvalue weighted by atomic mass is 10.1. The second-order valence-corrected chi connectivity index (χ2v) is 6.34. The lowest BCUT2D eigenvalue weighted by Gasteiger charge is -2.13. The zero-order chi connectivity index (χ0) is 17.1. The van der Waals surface area contributed by atoms with E-state index in [1.807, 2.05) is 0 Å². The van der Waals surface area contributed by atoms with Gasteiger partial charge in [-0.05, 0) is 31.4 Å². The van der Waals surface area contributed by atoms with Crippen molar-refractivity contribution >= 4 is 28.6 Å². The Bertz CT molecular complexity index is 859. The Kier molecular flexibility index (Phi) is 4.55. The molecule has 0 saturated carbocycles. The third-order valence-electron chi connectivity index (χ3n) is 3.64. The first-order valence-electron chi connectivity index (χ1n) is 8.10. The van der Waals surface area contributed by atoms with E-state index in [2.05, 4.69) is 76.5 Å². The molecule has 6 nitrogen and oxygen atoms in total. The van der Waals surface area contributed by atoms with Gasteiger partial charge >= 0.3 is 0 Å². The van der Waals surface area contributed by atoms with Crippen molar-refractivity contribution in [3.8, 4) is 0 Å². The highest BCUT2D eigenvalue weighted by Gasteiger charge is 2.11. The Labute approximate surface area is 141 Å². The van der Waals surface area contributed by atoms with Crippen molar-refractivity contribution < 1.29 is 0 Å². The van der Waals surface area contributed by atoms with Gasteiger partial charge in [-0.3, -0.25) is 0 Å². The standard InChI is InChI=1S/C18H22N6/c1-11(2)10-21-18-23-16-15(19-7-8-20-16)17(24-18)22-14-6-5-12(3)9-13(14)4/h5-9,11H,10H2,1-4H3,(H2,20,21,22,23,24). The average Bonchev–Trinajstić information content (AvgIpc) is 2.55. The summed E-state index contributed by atoms with van der Waals surface area (Å²) in [6.45, 7) is 9.23. The third kappa shape index (κ3) is 3.59. The van der Waals surface area contributed by atoms with Gasteiger partial charge in [0.2, 0.25) is 5.95 Å². The van der Waals surface area contributed by atoms with Crippen molar-refractivity contribution in [3.05, 3.63) is 41.7 Å². The van der Waals surface area contributed by atoms with Gasteiger partial charge in [-0.2, -0.15) is 9.97 Å². The molecule has 2 heterocycles. The summed E-state index contributed by atoms with van der Waals surface area (Å²) in [5.41, 5.74) is 4.62. The van der Waals surface area contributed by atoms with Crippen molar-refractivity contribution in [2.24, 2.45) is 5.92 Å². The predicted octanol–water partition coefficient (Wildman–Crippen LogP) is 3.85. The lowest BCUT2D eigenvalue weighted by Crippen LogP contribution is -2.12. The van der Waals surface area contributed by atoms with Crippen LogP contribution in [0.5, 0.6) is 0 Å². The van der Waals surface area contributed by atoms with E-state index < -0.39 is 0 Å². The number of anilines is 3. The van der Waals surface area contributed by atoms with Crippen LogP contribution in [0.15, 0.2) is 30.6 Å². The second kappa shape index (κ2) is 6.78. The summed E-state index contributed by atoms with van der Waals surface area (Å²) < 4.78 is 0. The first kappa shape index (κ1) is 16.1. The SMILES string of the molecule is Cc1ccc(Nc2nc(NCC(C)C)nc3nccnc23)c(C)c1. The van der Waals surface area contributed by atoms with E-state index in [9.17, 15) is 0 Å². The summed E-state index contributed by atoms with van der Waals surface area (Å²) in [5.74, 6) is 1.72. The minimum atomic E-state index is 0.502. The maximum atomic E-state index is 4.60. The van der Waals surface area contributed by atoms with Gasteiger partial charge < -0.3 is 10.6 Å². The molecule has 0 aliphatic heterocycles. The molecular formula is C18H22N6. The van der Waals surface area contributed by atoms with Crippen molar-refractivity contribution in [2.45, 2.75) is 27.7 Å². The smallest absolute Gasteiger partial charge is 0.226 e. The molecule has 0 fully saturated rings. The number of rotatable bonds is 5. The molecule has 0 saturated heterocycles. The molecule has 0 atom stereocenters. The highest BCUT2D eigenvalue weighted by atomic mass is 15.2. The Morgan fingerprint density at radius 1 is 1.04 bits per heavy atom. The van der Waals surface area contributed by atoms with E-state index >= 15 is 0 Å². The van der Waals surface area contributed by atoms with E-state index in [-0.39, 0.29) is 0 Å². The maximum absolute atomic E-state index is 4.60. The van der Waals surface area contributed by atoms with E-state index in [1.165, 1.54) is 5.56 Å². The molecule has 0 unspecified atom stereocenters. The Balaban J connectivity index is 2.01. The summed E-state index contributed by atoms with van der Waals surface area (Å²) in [4.78, 5) is 17.7. The molecule has 3 aromatic rings. The molecule has 124 valence electrons. The number of hydrogen-bond donors (Lipinski definition) is 2. The van der Waals surface area contributed by atoms with Gasteiger partial charge in [0.1, 0.15) is 0 Å². The molecule has 0 radical (unpaired) electrons. The van der Waals surface area contributed by atoms with Crippen LogP contribution >= 0.6 is 0 Å². The van der Waals surface area contributed by atoms with Gasteiger partial charge in [0, 0.05) is 24.6 Å². The fourth-order valence-electron chi connectivity index (χ4n) is 2.41. The number of fused-ring (bicyclic) bond motifs is 1. The molecule has 0 bridgehead atoms. The van der Waals surface area contributed by atoms with E-state index in [1.54, 1.807) is 12.4 Å². The number of benzene rings is 1. The quantitative estimate of drug-likeness (QED) is 0.743. The van der Waals surface area contributed by atoms with Gasteiger partial charge in [0.25, 0.3) is 0 Å². The summed E-state index contributed by atoms with van der Waals surface area (Å²) in [6.07, 6.45) is 3.29. The third-order valence-corrected chi connectivity index (χ3v) is 3.64. The molecule has 2 aromatic heterocycles. The predicted molar refractivity (Wildman–Crippen MR) is 97.7 cm³/mol. The zero-order valence-corrected chi connectivity index (χ0v) is 14.5. The zero-order valence-electron chi connectivity index (χ0n) is 14.5. The highest BCUT2D eigenvalue weighted by molar-refractivity contribution is 5.86. The van der Waals surface area contributed by atoms with Crippen LogP contribution in [0.25, 0.3) is 11.2 Å². The Morgan fingerprint density at radius 2 is 1.83 bits per heavy atom. The van der Waals surface area contributed by atoms with Crippen LogP contribution < -0.4 is 10.6 Å². The molecule has 3 rings (SSSR count). The van der Waals surface area contributed by atoms with E-state index in [0.717, 1.165) is 17.8 Å². The molecule has 6 heteroatoms. The van der Waals surface area contributed by atoms with Crippen LogP contribution in [-0.4, -0.2) is 26.5 Å². The van der Waals surface area contributed by atoms with Crippen LogP contribution in [-0.2, 0) is 0 Å². The van der Waals surface area contributed by atoms with Crippen LogP contribution in [0, 0.1) is 19.8 Å². The maximum Gasteiger partial charge on any atom is 0.226 e. The molecule has 2 N–H and O–H groups in total. The van der Waals surface area contributed by atoms with Gasteiger partial charge in [-0.1, -0.05) is 31.5 Å². The van der Waals surface area contributed by atoms with Crippen molar-refractivity contribution in [3.63, 3.8) is 0 Å². The molecule has 24 heavy (non-hydrogen) atoms. The monoisotopic (exact) mass is 322 g/mol. The van der Waals surface area contributed by atoms with E-state index in [0.29, 0.717) is 28.8 Å². The van der Waals surface area contributed by atoms with Gasteiger partial charge in [-0.25, -0.2) is 9.97 Å². The largest absolute Gasteiger partial charge is 0.354 e. The molecule has 1 aromatic carbocycles. The fourth-order valence-corrected chi connectivity index (χ4v) is 2.41. The Hall–Kier alpha value is -2.76. The van der Waals surface area contributed by atoms with E-state index in [4.69, 9.17) is 0 Å². The molecular weight excluding hydrogens is 300 g/mol. The van der Waals surface area contributed by atoms with Crippen molar-refractivity contribution in [2.75, 3.05) is 17.2 Å². The lowest BCUT2D eigenvalue weighted by molar-refractivity contribution is 0.685. The summed E-state index contributed by atoms with van der Waals surface area (Å²) in [7, 11) is 0. The van der Waals surface area contributed by atoms with Gasteiger partial charge in [-0.15, -0.1) is 0 Å². The number of hydrogen-bond acceptors (Lipinski definition) is 6. The minimum absolute atomic E-state index is 0.502. The summed E-state index contributed by atoms with van der Waals surface area (Å²) >= 11 is 0. The van der Waals surface area contributed by atoms with Crippen LogP contribution in [0.4, 0.5) is 17.5 Å². The summed E-state index contributed by atoms with van der Waals surface area (Å²) in [6, 6.07) is 6.26. The number of aryl methyl sites for hydroxylation is 2. The number of nitrogens with one attached hydrogen (secondary N) is 2. The highest BCUT2D eigenvalue weighted by Crippen LogP contribution is 2.25. The van der Waals surface area contributed by atoms with Gasteiger partial charge in [0.15, 0.2) is 17.0 Å². The van der Waals surface area contributed by atoms with Crippen LogP contribution in [0.2, 0.25) is 0 Å². The molecule has 0 aliphatic carbocycles. The fraction of sp³-hybridized carbons (Fsp3) is 0.333. The van der Waals surface area contributed by atoms with Crippen molar-refractivity contribution in [1.29, 1.82) is 0 Å². The first-order valence-corrected chi connectivity index (χ1v) is 8.10. The molecule has 0 amide bonds. The average molecular weight is 322 g/mol. The normalized spacial score (nSPS) is 11.0. The second-order valence-electron chi connectivity index (χ2n) is 6.34. The summed E-state index contributed by atoms with van der Waals surface area (Å²) in [5, 5.41) is 6.63. The Morgan fingerprint density at radius 3 is 2.58 bits per heavy atom. The first-order chi connectivity index (χ1) is 11.5. The molecule has 0 spiro atoms. The van der Waals surface area contributed by atoms with Crippen molar-refractivity contribution in [1.82, 2.24) is 19.9 Å². The van der Waals surface area contributed by atoms with Crippen LogP contribution in [0.3, 0.4) is 0 Å². The number of aromatic nitrogens is 4. The molecule has 0 aliphatic rings.